The third-order valence-electron chi connectivity index (χ3n) is 2.51. The van der Waals surface area contributed by atoms with Gasteiger partial charge in [0.2, 0.25) is 0 Å². The van der Waals surface area contributed by atoms with E-state index in [0.29, 0.717) is 0 Å². The number of rotatable bonds is 3. The van der Waals surface area contributed by atoms with Crippen molar-refractivity contribution in [3.05, 3.63) is 23.3 Å². The van der Waals surface area contributed by atoms with Crippen LogP contribution in [0.3, 0.4) is 0 Å². The van der Waals surface area contributed by atoms with E-state index in [4.69, 9.17) is 9.47 Å². The highest BCUT2D eigenvalue weighted by Gasteiger charge is 2.20. The monoisotopic (exact) mass is 193 g/mol. The summed E-state index contributed by atoms with van der Waals surface area (Å²) in [5.74, 6) is 1.78. The van der Waals surface area contributed by atoms with E-state index in [1.807, 2.05) is 13.1 Å². The van der Waals surface area contributed by atoms with Gasteiger partial charge in [0.1, 0.15) is 0 Å². The van der Waals surface area contributed by atoms with Gasteiger partial charge in [0, 0.05) is 18.5 Å². The van der Waals surface area contributed by atoms with Crippen LogP contribution in [0.15, 0.2) is 12.1 Å². The van der Waals surface area contributed by atoms with Gasteiger partial charge in [-0.15, -0.1) is 0 Å². The maximum atomic E-state index is 5.55. The van der Waals surface area contributed by atoms with Gasteiger partial charge in [-0.3, -0.25) is 0 Å². The highest BCUT2D eigenvalue weighted by molar-refractivity contribution is 5.52. The first-order valence-electron chi connectivity index (χ1n) is 4.83. The molecule has 0 amide bonds. The van der Waals surface area contributed by atoms with Gasteiger partial charge in [-0.25, -0.2) is 0 Å². The molecule has 0 aliphatic carbocycles. The van der Waals surface area contributed by atoms with Gasteiger partial charge in [-0.05, 0) is 18.7 Å². The summed E-state index contributed by atoms with van der Waals surface area (Å²) in [4.78, 5) is 0. The standard InChI is InChI=1S/C11H15NO2/c1-12-7-8-3-4-10(13-2)11-9(8)5-6-14-11/h3-4,12H,5-7H2,1-2H3. The summed E-state index contributed by atoms with van der Waals surface area (Å²) < 4.78 is 10.8. The van der Waals surface area contributed by atoms with Crippen molar-refractivity contribution in [3.8, 4) is 11.5 Å². The maximum absolute atomic E-state index is 5.55. The zero-order chi connectivity index (χ0) is 9.97. The highest BCUT2D eigenvalue weighted by Crippen LogP contribution is 2.37. The Labute approximate surface area is 84.0 Å². The molecule has 0 atom stereocenters. The molecule has 1 aromatic carbocycles. The van der Waals surface area contributed by atoms with E-state index in [0.717, 1.165) is 31.1 Å². The van der Waals surface area contributed by atoms with Crippen LogP contribution >= 0.6 is 0 Å². The van der Waals surface area contributed by atoms with E-state index >= 15 is 0 Å². The van der Waals surface area contributed by atoms with Crippen molar-refractivity contribution in [1.82, 2.24) is 5.32 Å². The molecule has 2 rings (SSSR count). The first-order valence-corrected chi connectivity index (χ1v) is 4.83. The number of benzene rings is 1. The molecule has 3 heteroatoms. The molecule has 1 N–H and O–H groups in total. The third-order valence-corrected chi connectivity index (χ3v) is 2.51. The SMILES string of the molecule is CNCc1ccc(OC)c2c1CCO2. The van der Waals surface area contributed by atoms with Gasteiger partial charge in [0.15, 0.2) is 11.5 Å². The van der Waals surface area contributed by atoms with Crippen LogP contribution in [0.1, 0.15) is 11.1 Å². The van der Waals surface area contributed by atoms with Crippen molar-refractivity contribution in [2.24, 2.45) is 0 Å². The number of fused-ring (bicyclic) bond motifs is 1. The topological polar surface area (TPSA) is 30.5 Å². The van der Waals surface area contributed by atoms with Crippen molar-refractivity contribution < 1.29 is 9.47 Å². The lowest BCUT2D eigenvalue weighted by atomic mass is 10.0. The Morgan fingerprint density at radius 3 is 3.07 bits per heavy atom. The molecule has 0 bridgehead atoms. The molecule has 1 aliphatic rings. The summed E-state index contributed by atoms with van der Waals surface area (Å²) >= 11 is 0. The van der Waals surface area contributed by atoms with Crippen LogP contribution in [0, 0.1) is 0 Å². The molecule has 0 unspecified atom stereocenters. The molecule has 0 spiro atoms. The molecule has 0 aromatic heterocycles. The van der Waals surface area contributed by atoms with Crippen LogP contribution in [0.5, 0.6) is 11.5 Å². The molecule has 1 aromatic rings. The second-order valence-electron chi connectivity index (χ2n) is 3.36. The van der Waals surface area contributed by atoms with Crippen molar-refractivity contribution in [2.75, 3.05) is 20.8 Å². The molecule has 0 radical (unpaired) electrons. The summed E-state index contributed by atoms with van der Waals surface area (Å²) in [6, 6.07) is 4.07. The van der Waals surface area contributed by atoms with Gasteiger partial charge < -0.3 is 14.8 Å². The molecule has 76 valence electrons. The minimum Gasteiger partial charge on any atom is -0.493 e. The number of hydrogen-bond acceptors (Lipinski definition) is 3. The zero-order valence-corrected chi connectivity index (χ0v) is 8.59. The minimum absolute atomic E-state index is 0.770. The molecular weight excluding hydrogens is 178 g/mol. The van der Waals surface area contributed by atoms with E-state index < -0.39 is 0 Å². The fourth-order valence-corrected chi connectivity index (χ4v) is 1.85. The van der Waals surface area contributed by atoms with Crippen LogP contribution in [-0.4, -0.2) is 20.8 Å². The Morgan fingerprint density at radius 1 is 1.50 bits per heavy atom. The lowest BCUT2D eigenvalue weighted by Gasteiger charge is -2.10. The molecule has 0 fully saturated rings. The fourth-order valence-electron chi connectivity index (χ4n) is 1.85. The molecule has 14 heavy (non-hydrogen) atoms. The quantitative estimate of drug-likeness (QED) is 0.786. The maximum Gasteiger partial charge on any atom is 0.164 e. The van der Waals surface area contributed by atoms with Crippen molar-refractivity contribution >= 4 is 0 Å². The predicted molar refractivity (Wildman–Crippen MR) is 55.0 cm³/mol. The Hall–Kier alpha value is -1.22. The van der Waals surface area contributed by atoms with Crippen molar-refractivity contribution in [2.45, 2.75) is 13.0 Å². The first-order chi connectivity index (χ1) is 6.86. The van der Waals surface area contributed by atoms with Crippen LogP contribution in [0.25, 0.3) is 0 Å². The van der Waals surface area contributed by atoms with Crippen LogP contribution in [0.2, 0.25) is 0 Å². The first kappa shape index (κ1) is 9.34. The number of ether oxygens (including phenoxy) is 2. The van der Waals surface area contributed by atoms with Crippen molar-refractivity contribution in [3.63, 3.8) is 0 Å². The summed E-state index contributed by atoms with van der Waals surface area (Å²) in [7, 11) is 3.63. The van der Waals surface area contributed by atoms with Gasteiger partial charge >= 0.3 is 0 Å². The molecular formula is C11H15NO2. The van der Waals surface area contributed by atoms with Crippen molar-refractivity contribution in [1.29, 1.82) is 0 Å². The smallest absolute Gasteiger partial charge is 0.164 e. The number of methoxy groups -OCH3 is 1. The lowest BCUT2D eigenvalue weighted by Crippen LogP contribution is -2.07. The summed E-state index contributed by atoms with van der Waals surface area (Å²) in [5.41, 5.74) is 2.60. The number of hydrogen-bond donors (Lipinski definition) is 1. The van der Waals surface area contributed by atoms with Gasteiger partial charge in [-0.1, -0.05) is 6.07 Å². The molecule has 3 nitrogen and oxygen atoms in total. The van der Waals surface area contributed by atoms with Gasteiger partial charge in [0.05, 0.1) is 13.7 Å². The summed E-state index contributed by atoms with van der Waals surface area (Å²) in [5, 5.41) is 3.15. The predicted octanol–water partition coefficient (Wildman–Crippen LogP) is 1.35. The highest BCUT2D eigenvalue weighted by atomic mass is 16.5. The van der Waals surface area contributed by atoms with E-state index in [1.54, 1.807) is 7.11 Å². The lowest BCUT2D eigenvalue weighted by molar-refractivity contribution is 0.326. The van der Waals surface area contributed by atoms with E-state index in [1.165, 1.54) is 11.1 Å². The minimum atomic E-state index is 0.770. The third kappa shape index (κ3) is 1.44. The summed E-state index contributed by atoms with van der Waals surface area (Å²) in [6.45, 7) is 1.65. The molecule has 1 aliphatic heterocycles. The second kappa shape index (κ2) is 3.88. The van der Waals surface area contributed by atoms with Crippen LogP contribution in [-0.2, 0) is 13.0 Å². The Morgan fingerprint density at radius 2 is 2.36 bits per heavy atom. The fraction of sp³-hybridized carbons (Fsp3) is 0.455. The number of nitrogens with one attached hydrogen (secondary N) is 1. The second-order valence-corrected chi connectivity index (χ2v) is 3.36. The average molecular weight is 193 g/mol. The largest absolute Gasteiger partial charge is 0.493 e. The van der Waals surface area contributed by atoms with Gasteiger partial charge in [0.25, 0.3) is 0 Å². The van der Waals surface area contributed by atoms with E-state index in [-0.39, 0.29) is 0 Å². The van der Waals surface area contributed by atoms with Crippen LogP contribution in [0.4, 0.5) is 0 Å². The molecule has 1 heterocycles. The Bertz CT molecular complexity index is 336. The van der Waals surface area contributed by atoms with E-state index in [9.17, 15) is 0 Å². The van der Waals surface area contributed by atoms with Gasteiger partial charge in [-0.2, -0.15) is 0 Å². The van der Waals surface area contributed by atoms with Crippen LogP contribution < -0.4 is 14.8 Å². The molecule has 0 saturated carbocycles. The van der Waals surface area contributed by atoms with E-state index in [2.05, 4.69) is 11.4 Å². The molecule has 0 saturated heterocycles. The Balaban J connectivity index is 2.42. The zero-order valence-electron chi connectivity index (χ0n) is 8.59. The normalized spacial score (nSPS) is 13.6. The Kier molecular flexibility index (Phi) is 2.59. The average Bonchev–Trinajstić information content (AvgIpc) is 2.67. The summed E-state index contributed by atoms with van der Waals surface area (Å²) in [6.07, 6.45) is 0.990.